The van der Waals surface area contributed by atoms with Crippen molar-refractivity contribution in [2.24, 2.45) is 5.92 Å². The Kier molecular flexibility index (Phi) is 7.63. The van der Waals surface area contributed by atoms with Gasteiger partial charge in [-0.15, -0.1) is 0 Å². The summed E-state index contributed by atoms with van der Waals surface area (Å²) in [5, 5.41) is 3.04. The first-order valence-corrected chi connectivity index (χ1v) is 10.8. The van der Waals surface area contributed by atoms with Crippen LogP contribution in [0, 0.1) is 5.92 Å². The number of anilines is 1. The number of hydrogen-bond donors (Lipinski definition) is 1. The molecule has 1 aliphatic heterocycles. The number of carbonyl (C=O) groups is 2. The number of aromatic nitrogens is 2. The standard InChI is InChI=1S/C22H32N4O3/c1-3-9-20(27)25-13-7-10-17(16-25)21(28)24-22-23-18-11-5-6-12-19(18)26(22)14-8-15-29-4-2/h5-6,11-12,17H,3-4,7-10,13-16H2,1-2H3,(H,23,24,28). The van der Waals surface area contributed by atoms with E-state index in [2.05, 4.69) is 14.9 Å². The molecule has 2 aromatic rings. The fourth-order valence-corrected chi connectivity index (χ4v) is 3.87. The Morgan fingerprint density at radius 2 is 2.10 bits per heavy atom. The lowest BCUT2D eigenvalue weighted by Gasteiger charge is -2.32. The number of hydrogen-bond acceptors (Lipinski definition) is 4. The van der Waals surface area contributed by atoms with Crippen molar-refractivity contribution in [3.05, 3.63) is 24.3 Å². The summed E-state index contributed by atoms with van der Waals surface area (Å²) in [6.45, 7) is 7.32. The summed E-state index contributed by atoms with van der Waals surface area (Å²) in [5.41, 5.74) is 1.87. The monoisotopic (exact) mass is 400 g/mol. The van der Waals surface area contributed by atoms with Crippen molar-refractivity contribution in [2.75, 3.05) is 31.6 Å². The predicted octanol–water partition coefficient (Wildman–Crippen LogP) is 3.44. The summed E-state index contributed by atoms with van der Waals surface area (Å²) in [7, 11) is 0. The Balaban J connectivity index is 1.71. The first-order chi connectivity index (χ1) is 14.1. The van der Waals surface area contributed by atoms with Gasteiger partial charge in [-0.3, -0.25) is 14.9 Å². The van der Waals surface area contributed by atoms with Crippen LogP contribution in [0.3, 0.4) is 0 Å². The lowest BCUT2D eigenvalue weighted by atomic mass is 9.97. The van der Waals surface area contributed by atoms with E-state index in [9.17, 15) is 9.59 Å². The maximum absolute atomic E-state index is 13.0. The average Bonchev–Trinajstić information content (AvgIpc) is 3.08. The summed E-state index contributed by atoms with van der Waals surface area (Å²) in [5.74, 6) is 0.472. The number of para-hydroxylation sites is 2. The Bertz CT molecular complexity index is 833. The molecule has 2 heterocycles. The van der Waals surface area contributed by atoms with Crippen LogP contribution in [0.4, 0.5) is 5.95 Å². The van der Waals surface area contributed by atoms with E-state index in [0.29, 0.717) is 32.1 Å². The minimum Gasteiger partial charge on any atom is -0.382 e. The third kappa shape index (κ3) is 5.35. The van der Waals surface area contributed by atoms with Crippen molar-refractivity contribution in [3.8, 4) is 0 Å². The van der Waals surface area contributed by atoms with Gasteiger partial charge in [0.05, 0.1) is 17.0 Å². The number of rotatable bonds is 9. The molecule has 0 saturated carbocycles. The van der Waals surface area contributed by atoms with Gasteiger partial charge in [0, 0.05) is 39.3 Å². The molecule has 0 bridgehead atoms. The number of fused-ring (bicyclic) bond motifs is 1. The van der Waals surface area contributed by atoms with Gasteiger partial charge in [0.25, 0.3) is 0 Å². The average molecular weight is 401 g/mol. The maximum atomic E-state index is 13.0. The number of amides is 2. The van der Waals surface area contributed by atoms with E-state index in [4.69, 9.17) is 4.74 Å². The highest BCUT2D eigenvalue weighted by molar-refractivity contribution is 5.93. The highest BCUT2D eigenvalue weighted by Gasteiger charge is 2.29. The van der Waals surface area contributed by atoms with Crippen LogP contribution in [-0.4, -0.2) is 52.6 Å². The van der Waals surface area contributed by atoms with Crippen molar-refractivity contribution in [1.29, 1.82) is 0 Å². The number of nitrogens with zero attached hydrogens (tertiary/aromatic N) is 3. The summed E-state index contributed by atoms with van der Waals surface area (Å²) >= 11 is 0. The normalized spacial score (nSPS) is 16.9. The van der Waals surface area contributed by atoms with Crippen molar-refractivity contribution in [3.63, 3.8) is 0 Å². The van der Waals surface area contributed by atoms with E-state index in [1.165, 1.54) is 0 Å². The molecule has 0 aliphatic carbocycles. The minimum absolute atomic E-state index is 0.0552. The van der Waals surface area contributed by atoms with Crippen LogP contribution in [0.5, 0.6) is 0 Å². The zero-order valence-electron chi connectivity index (χ0n) is 17.5. The van der Waals surface area contributed by atoms with Gasteiger partial charge in [-0.25, -0.2) is 4.98 Å². The first-order valence-electron chi connectivity index (χ1n) is 10.8. The Morgan fingerprint density at radius 1 is 1.28 bits per heavy atom. The number of piperidine rings is 1. The van der Waals surface area contributed by atoms with Crippen LogP contribution < -0.4 is 5.32 Å². The molecule has 3 rings (SSSR count). The molecule has 1 aliphatic rings. The summed E-state index contributed by atoms with van der Waals surface area (Å²) in [6, 6.07) is 7.90. The van der Waals surface area contributed by atoms with Crippen LogP contribution in [0.2, 0.25) is 0 Å². The molecule has 158 valence electrons. The van der Waals surface area contributed by atoms with E-state index in [1.807, 2.05) is 43.0 Å². The number of carbonyl (C=O) groups excluding carboxylic acids is 2. The minimum atomic E-state index is -0.193. The summed E-state index contributed by atoms with van der Waals surface area (Å²) in [6.07, 6.45) is 3.88. The van der Waals surface area contributed by atoms with Crippen LogP contribution in [0.25, 0.3) is 11.0 Å². The summed E-state index contributed by atoms with van der Waals surface area (Å²) in [4.78, 5) is 31.7. The quantitative estimate of drug-likeness (QED) is 0.654. The molecule has 1 aromatic carbocycles. The van der Waals surface area contributed by atoms with Gasteiger partial charge in [0.2, 0.25) is 17.8 Å². The fraction of sp³-hybridized carbons (Fsp3) is 0.591. The molecule has 7 nitrogen and oxygen atoms in total. The molecule has 0 radical (unpaired) electrons. The molecule has 0 spiro atoms. The van der Waals surface area contributed by atoms with Gasteiger partial charge < -0.3 is 14.2 Å². The number of nitrogens with one attached hydrogen (secondary N) is 1. The van der Waals surface area contributed by atoms with Crippen molar-refractivity contribution in [2.45, 2.75) is 52.5 Å². The predicted molar refractivity (Wildman–Crippen MR) is 114 cm³/mol. The number of benzene rings is 1. The van der Waals surface area contributed by atoms with Gasteiger partial charge in [0.15, 0.2) is 0 Å². The molecule has 2 amide bonds. The largest absolute Gasteiger partial charge is 0.382 e. The van der Waals surface area contributed by atoms with Gasteiger partial charge in [-0.05, 0) is 44.7 Å². The molecule has 1 atom stereocenters. The van der Waals surface area contributed by atoms with E-state index < -0.39 is 0 Å². The molecule has 7 heteroatoms. The second kappa shape index (κ2) is 10.4. The zero-order valence-corrected chi connectivity index (χ0v) is 17.5. The Labute approximate surface area is 172 Å². The van der Waals surface area contributed by atoms with Crippen molar-refractivity contribution in [1.82, 2.24) is 14.5 Å². The third-order valence-corrected chi connectivity index (χ3v) is 5.37. The second-order valence-electron chi connectivity index (χ2n) is 7.54. The first kappa shape index (κ1) is 21.3. The second-order valence-corrected chi connectivity index (χ2v) is 7.54. The maximum Gasteiger partial charge on any atom is 0.231 e. The van der Waals surface area contributed by atoms with Crippen LogP contribution in [0.15, 0.2) is 24.3 Å². The van der Waals surface area contributed by atoms with E-state index in [1.54, 1.807) is 0 Å². The lowest BCUT2D eigenvalue weighted by molar-refractivity contribution is -0.134. The molecule has 1 N–H and O–H groups in total. The summed E-state index contributed by atoms with van der Waals surface area (Å²) < 4.78 is 7.51. The highest BCUT2D eigenvalue weighted by Crippen LogP contribution is 2.23. The lowest BCUT2D eigenvalue weighted by Crippen LogP contribution is -2.43. The van der Waals surface area contributed by atoms with E-state index >= 15 is 0 Å². The van der Waals surface area contributed by atoms with Gasteiger partial charge >= 0.3 is 0 Å². The van der Waals surface area contributed by atoms with Crippen LogP contribution >= 0.6 is 0 Å². The molecule has 29 heavy (non-hydrogen) atoms. The molecule has 1 saturated heterocycles. The van der Waals surface area contributed by atoms with Crippen LogP contribution in [0.1, 0.15) is 46.0 Å². The third-order valence-electron chi connectivity index (χ3n) is 5.37. The SMILES string of the molecule is CCCC(=O)N1CCCC(C(=O)Nc2nc3ccccc3n2CCCOCC)C1. The highest BCUT2D eigenvalue weighted by atomic mass is 16.5. The number of likely N-dealkylation sites (tertiary alicyclic amines) is 1. The zero-order chi connectivity index (χ0) is 20.6. The van der Waals surface area contributed by atoms with Crippen molar-refractivity contribution < 1.29 is 14.3 Å². The topological polar surface area (TPSA) is 76.5 Å². The smallest absolute Gasteiger partial charge is 0.231 e. The van der Waals surface area contributed by atoms with Gasteiger partial charge in [0.1, 0.15) is 0 Å². The molecular weight excluding hydrogens is 368 g/mol. The van der Waals surface area contributed by atoms with Gasteiger partial charge in [-0.1, -0.05) is 19.1 Å². The van der Waals surface area contributed by atoms with Crippen molar-refractivity contribution >= 4 is 28.8 Å². The number of ether oxygens (including phenoxy) is 1. The molecular formula is C22H32N4O3. The number of aryl methyl sites for hydroxylation is 1. The Morgan fingerprint density at radius 3 is 2.90 bits per heavy atom. The van der Waals surface area contributed by atoms with Crippen LogP contribution in [-0.2, 0) is 20.9 Å². The van der Waals surface area contributed by atoms with E-state index in [0.717, 1.165) is 49.8 Å². The fourth-order valence-electron chi connectivity index (χ4n) is 3.87. The van der Waals surface area contributed by atoms with Gasteiger partial charge in [-0.2, -0.15) is 0 Å². The number of imidazole rings is 1. The van der Waals surface area contributed by atoms with E-state index in [-0.39, 0.29) is 17.7 Å². The molecule has 1 fully saturated rings. The molecule has 1 aromatic heterocycles. The Hall–Kier alpha value is -2.41. The molecule has 1 unspecified atom stereocenters.